The summed E-state index contributed by atoms with van der Waals surface area (Å²) >= 11 is 0. The Kier molecular flexibility index (Phi) is 4.43. The summed E-state index contributed by atoms with van der Waals surface area (Å²) in [7, 11) is 0. The van der Waals surface area contributed by atoms with Crippen molar-refractivity contribution >= 4 is 5.91 Å². The van der Waals surface area contributed by atoms with Gasteiger partial charge in [0.1, 0.15) is 5.82 Å². The van der Waals surface area contributed by atoms with Gasteiger partial charge in [-0.1, -0.05) is 6.92 Å². The lowest BCUT2D eigenvalue weighted by Gasteiger charge is -2.34. The molecule has 0 N–H and O–H groups in total. The van der Waals surface area contributed by atoms with E-state index in [0.717, 1.165) is 44.1 Å². The fourth-order valence-corrected chi connectivity index (χ4v) is 2.90. The maximum Gasteiger partial charge on any atom is 0.257 e. The fourth-order valence-electron chi connectivity index (χ4n) is 2.90. The van der Waals surface area contributed by atoms with E-state index >= 15 is 0 Å². The standard InChI is InChI=1S/C17H21FN4O/c1-3-20-8-10-21(11-9-20)17(23)16-12-19-22(13(16)2)15-6-4-14(18)5-7-15/h4-7,12H,3,8-11H2,1-2H3. The lowest BCUT2D eigenvalue weighted by molar-refractivity contribution is 0.0642. The summed E-state index contributed by atoms with van der Waals surface area (Å²) in [5.41, 5.74) is 2.14. The Morgan fingerprint density at radius 2 is 1.83 bits per heavy atom. The van der Waals surface area contributed by atoms with Crippen LogP contribution in [-0.2, 0) is 0 Å². The predicted molar refractivity (Wildman–Crippen MR) is 86.3 cm³/mol. The van der Waals surface area contributed by atoms with Crippen molar-refractivity contribution in [2.45, 2.75) is 13.8 Å². The highest BCUT2D eigenvalue weighted by atomic mass is 19.1. The number of hydrogen-bond donors (Lipinski definition) is 0. The van der Waals surface area contributed by atoms with Gasteiger partial charge in [0.15, 0.2) is 0 Å². The summed E-state index contributed by atoms with van der Waals surface area (Å²) in [5.74, 6) is -0.268. The molecule has 0 saturated carbocycles. The van der Waals surface area contributed by atoms with Gasteiger partial charge in [-0.25, -0.2) is 9.07 Å². The van der Waals surface area contributed by atoms with Gasteiger partial charge in [0, 0.05) is 26.2 Å². The second kappa shape index (κ2) is 6.50. The van der Waals surface area contributed by atoms with Gasteiger partial charge < -0.3 is 9.80 Å². The van der Waals surface area contributed by atoms with Crippen LogP contribution in [0.1, 0.15) is 23.0 Å². The number of carbonyl (C=O) groups is 1. The van der Waals surface area contributed by atoms with Crippen molar-refractivity contribution in [3.05, 3.63) is 47.5 Å². The first-order valence-electron chi connectivity index (χ1n) is 7.92. The molecule has 0 spiro atoms. The van der Waals surface area contributed by atoms with Gasteiger partial charge >= 0.3 is 0 Å². The summed E-state index contributed by atoms with van der Waals surface area (Å²) in [5, 5.41) is 4.30. The second-order valence-electron chi connectivity index (χ2n) is 5.76. The Labute approximate surface area is 135 Å². The topological polar surface area (TPSA) is 41.4 Å². The molecule has 6 heteroatoms. The van der Waals surface area contributed by atoms with Crippen LogP contribution in [0.3, 0.4) is 0 Å². The highest BCUT2D eigenvalue weighted by Gasteiger charge is 2.24. The minimum absolute atomic E-state index is 0.0200. The maximum atomic E-state index is 13.0. The van der Waals surface area contributed by atoms with Crippen molar-refractivity contribution < 1.29 is 9.18 Å². The molecule has 1 aliphatic heterocycles. The van der Waals surface area contributed by atoms with Gasteiger partial charge in [0.05, 0.1) is 23.1 Å². The summed E-state index contributed by atoms with van der Waals surface area (Å²) in [6, 6.07) is 6.09. The summed E-state index contributed by atoms with van der Waals surface area (Å²) in [6.07, 6.45) is 1.60. The molecule has 1 aromatic heterocycles. The molecule has 122 valence electrons. The van der Waals surface area contributed by atoms with Crippen LogP contribution in [0.5, 0.6) is 0 Å². The molecular formula is C17H21FN4O. The highest BCUT2D eigenvalue weighted by Crippen LogP contribution is 2.17. The molecule has 0 bridgehead atoms. The summed E-state index contributed by atoms with van der Waals surface area (Å²) in [6.45, 7) is 8.33. The molecule has 1 aliphatic rings. The second-order valence-corrected chi connectivity index (χ2v) is 5.76. The Morgan fingerprint density at radius 3 is 2.43 bits per heavy atom. The van der Waals surface area contributed by atoms with Crippen LogP contribution < -0.4 is 0 Å². The van der Waals surface area contributed by atoms with Crippen LogP contribution in [0, 0.1) is 12.7 Å². The molecule has 2 aromatic rings. The number of amides is 1. The number of benzene rings is 1. The molecule has 0 unspecified atom stereocenters. The molecule has 1 fully saturated rings. The van der Waals surface area contributed by atoms with Crippen LogP contribution in [0.4, 0.5) is 4.39 Å². The number of rotatable bonds is 3. The van der Waals surface area contributed by atoms with E-state index in [1.54, 1.807) is 23.0 Å². The quantitative estimate of drug-likeness (QED) is 0.871. The smallest absolute Gasteiger partial charge is 0.257 e. The van der Waals surface area contributed by atoms with Crippen LogP contribution >= 0.6 is 0 Å². The van der Waals surface area contributed by atoms with Gasteiger partial charge in [0.2, 0.25) is 0 Å². The van der Waals surface area contributed by atoms with Gasteiger partial charge in [-0.3, -0.25) is 4.79 Å². The first-order chi connectivity index (χ1) is 11.1. The van der Waals surface area contributed by atoms with E-state index in [2.05, 4.69) is 16.9 Å². The van der Waals surface area contributed by atoms with E-state index < -0.39 is 0 Å². The molecule has 5 nitrogen and oxygen atoms in total. The minimum atomic E-state index is -0.288. The van der Waals surface area contributed by atoms with Crippen LogP contribution in [0.25, 0.3) is 5.69 Å². The Bertz CT molecular complexity index is 687. The van der Waals surface area contributed by atoms with Crippen LogP contribution in [0.15, 0.2) is 30.5 Å². The molecule has 0 radical (unpaired) electrons. The van der Waals surface area contributed by atoms with Crippen molar-refractivity contribution in [3.8, 4) is 5.69 Å². The number of nitrogens with zero attached hydrogens (tertiary/aromatic N) is 4. The average Bonchev–Trinajstić information content (AvgIpc) is 2.96. The Morgan fingerprint density at radius 1 is 1.17 bits per heavy atom. The third kappa shape index (κ3) is 3.12. The lowest BCUT2D eigenvalue weighted by Crippen LogP contribution is -2.48. The number of likely N-dealkylation sites (N-methyl/N-ethyl adjacent to an activating group) is 1. The van der Waals surface area contributed by atoms with Gasteiger partial charge in [-0.15, -0.1) is 0 Å². The Hall–Kier alpha value is -2.21. The molecule has 1 saturated heterocycles. The molecule has 1 aromatic carbocycles. The monoisotopic (exact) mass is 316 g/mol. The van der Waals surface area contributed by atoms with Crippen molar-refractivity contribution in [2.75, 3.05) is 32.7 Å². The SMILES string of the molecule is CCN1CCN(C(=O)c2cnn(-c3ccc(F)cc3)c2C)CC1. The van der Waals surface area contributed by atoms with Gasteiger partial charge in [-0.2, -0.15) is 5.10 Å². The number of carbonyl (C=O) groups excluding carboxylic acids is 1. The molecule has 2 heterocycles. The normalized spacial score (nSPS) is 15.9. The Balaban J connectivity index is 1.79. The first kappa shape index (κ1) is 15.7. The summed E-state index contributed by atoms with van der Waals surface area (Å²) in [4.78, 5) is 16.9. The van der Waals surface area contributed by atoms with Crippen LogP contribution in [0.2, 0.25) is 0 Å². The zero-order chi connectivity index (χ0) is 16.4. The number of halogens is 1. The number of aromatic nitrogens is 2. The maximum absolute atomic E-state index is 13.0. The largest absolute Gasteiger partial charge is 0.336 e. The van der Waals surface area contributed by atoms with E-state index in [0.29, 0.717) is 5.56 Å². The minimum Gasteiger partial charge on any atom is -0.336 e. The van der Waals surface area contributed by atoms with E-state index in [-0.39, 0.29) is 11.7 Å². The zero-order valence-corrected chi connectivity index (χ0v) is 13.5. The average molecular weight is 316 g/mol. The van der Waals surface area contributed by atoms with Crippen molar-refractivity contribution in [2.24, 2.45) is 0 Å². The highest BCUT2D eigenvalue weighted by molar-refractivity contribution is 5.95. The molecule has 1 amide bonds. The molecular weight excluding hydrogens is 295 g/mol. The fraction of sp³-hybridized carbons (Fsp3) is 0.412. The van der Waals surface area contributed by atoms with Gasteiger partial charge in [-0.05, 0) is 37.7 Å². The third-order valence-corrected chi connectivity index (χ3v) is 4.42. The van der Waals surface area contributed by atoms with E-state index in [9.17, 15) is 9.18 Å². The molecule has 0 atom stereocenters. The lowest BCUT2D eigenvalue weighted by atomic mass is 10.2. The van der Waals surface area contributed by atoms with E-state index in [4.69, 9.17) is 0 Å². The third-order valence-electron chi connectivity index (χ3n) is 4.42. The zero-order valence-electron chi connectivity index (χ0n) is 13.5. The first-order valence-corrected chi connectivity index (χ1v) is 7.92. The van der Waals surface area contributed by atoms with E-state index in [1.165, 1.54) is 12.1 Å². The van der Waals surface area contributed by atoms with E-state index in [1.807, 2.05) is 11.8 Å². The number of piperazine rings is 1. The summed E-state index contributed by atoms with van der Waals surface area (Å²) < 4.78 is 14.7. The molecule has 3 rings (SSSR count). The van der Waals surface area contributed by atoms with Gasteiger partial charge in [0.25, 0.3) is 5.91 Å². The number of hydrogen-bond acceptors (Lipinski definition) is 3. The van der Waals surface area contributed by atoms with Crippen molar-refractivity contribution in [1.29, 1.82) is 0 Å². The van der Waals surface area contributed by atoms with Crippen LogP contribution in [-0.4, -0.2) is 58.2 Å². The molecule has 23 heavy (non-hydrogen) atoms. The van der Waals surface area contributed by atoms with Crippen molar-refractivity contribution in [3.63, 3.8) is 0 Å². The predicted octanol–water partition coefficient (Wildman–Crippen LogP) is 2.10. The molecule has 0 aliphatic carbocycles. The van der Waals surface area contributed by atoms with Crippen molar-refractivity contribution in [1.82, 2.24) is 19.6 Å².